The summed E-state index contributed by atoms with van der Waals surface area (Å²) in [4.78, 5) is -0.278. The van der Waals surface area contributed by atoms with Gasteiger partial charge in [-0.2, -0.15) is 0 Å². The Morgan fingerprint density at radius 1 is 0.500 bits per heavy atom. The number of aryl methyl sites for hydroxylation is 7. The average Bonchev–Trinajstić information content (AvgIpc) is 2.99. The van der Waals surface area contributed by atoms with Gasteiger partial charge < -0.3 is 0 Å². The third-order valence-electron chi connectivity index (χ3n) is 10.9. The van der Waals surface area contributed by atoms with Gasteiger partial charge in [0.25, 0.3) is 0 Å². The third kappa shape index (κ3) is 12.0. The van der Waals surface area contributed by atoms with Crippen molar-refractivity contribution in [3.63, 3.8) is 0 Å². The molecule has 0 N–H and O–H groups in total. The number of hydrogen-bond acceptors (Lipinski definition) is 0. The molecule has 4 aromatic carbocycles. The molecule has 6 rings (SSSR count). The van der Waals surface area contributed by atoms with Crippen molar-refractivity contribution < 1.29 is 4.92 Å². The van der Waals surface area contributed by atoms with Gasteiger partial charge >= 0.3 is 64.9 Å². The Hall–Kier alpha value is -0.0856. The second-order valence-corrected chi connectivity index (χ2v) is 49.5. The molecule has 0 fully saturated rings. The van der Waals surface area contributed by atoms with E-state index in [1.165, 1.54) is 99.4 Å². The molecule has 2 atom stereocenters. The molecule has 0 spiro atoms. The van der Waals surface area contributed by atoms with Crippen molar-refractivity contribution in [3.8, 4) is 0 Å². The van der Waals surface area contributed by atoms with Crippen LogP contribution in [-0.2, 0) is 30.6 Å². The molecule has 2 aliphatic carbocycles. The molecular formula is C44H64I3V. The minimum atomic E-state index is -0.278. The van der Waals surface area contributed by atoms with Crippen molar-refractivity contribution in [1.82, 2.24) is 0 Å². The van der Waals surface area contributed by atoms with Gasteiger partial charge in [0.2, 0.25) is 0 Å². The Bertz CT molecular complexity index is 1660. The summed E-state index contributed by atoms with van der Waals surface area (Å²) in [5.74, 6) is 1.76. The Balaban J connectivity index is 0.000000335. The van der Waals surface area contributed by atoms with Crippen LogP contribution in [0.15, 0.2) is 36.4 Å². The maximum atomic E-state index is 2.46. The van der Waals surface area contributed by atoms with Crippen molar-refractivity contribution in [2.75, 3.05) is 0 Å². The summed E-state index contributed by atoms with van der Waals surface area (Å²) < 4.78 is 0. The van der Waals surface area contributed by atoms with Gasteiger partial charge in [0.1, 0.15) is 0 Å². The Labute approximate surface area is 334 Å². The zero-order valence-electron chi connectivity index (χ0n) is 30.4. The molecule has 48 heavy (non-hydrogen) atoms. The zero-order valence-corrected chi connectivity index (χ0v) is 38.3. The molecule has 0 bridgehead atoms. The molecule has 0 saturated heterocycles. The van der Waals surface area contributed by atoms with E-state index in [4.69, 9.17) is 0 Å². The summed E-state index contributed by atoms with van der Waals surface area (Å²) in [7, 11) is 0. The summed E-state index contributed by atoms with van der Waals surface area (Å²) in [6.45, 7) is 27.0. The SMILES string of the molecule is C.C.Cc1cc2c(c(C)c1C)CC(C)CC2.Cc1cc2ccc(C)c(C)c2c(C)c1C.Cc1ccc2c(c1C)CCC(C)C2.[I][V]([I])[I]. The molecule has 4 aromatic rings. The van der Waals surface area contributed by atoms with Gasteiger partial charge in [-0.15, -0.1) is 0 Å². The predicted octanol–water partition coefficient (Wildman–Crippen LogP) is 15.5. The van der Waals surface area contributed by atoms with Crippen LogP contribution in [0, 0.1) is 81.1 Å². The average molecular weight is 1020 g/mol. The van der Waals surface area contributed by atoms with Gasteiger partial charge in [0.15, 0.2) is 0 Å². The summed E-state index contributed by atoms with van der Waals surface area (Å²) in [5, 5.41) is 2.82. The summed E-state index contributed by atoms with van der Waals surface area (Å²) >= 11 is 7.39. The van der Waals surface area contributed by atoms with E-state index in [0.29, 0.717) is 0 Å². The van der Waals surface area contributed by atoms with E-state index >= 15 is 0 Å². The van der Waals surface area contributed by atoms with Crippen molar-refractivity contribution in [2.45, 2.75) is 136 Å². The first kappa shape index (κ1) is 45.9. The number of fused-ring (bicyclic) bond motifs is 3. The second-order valence-electron chi connectivity index (χ2n) is 14.2. The maximum absolute atomic E-state index is 2.46. The first-order chi connectivity index (χ1) is 21.5. The van der Waals surface area contributed by atoms with E-state index in [9.17, 15) is 0 Å². The molecule has 0 amide bonds. The van der Waals surface area contributed by atoms with Crippen LogP contribution in [-0.4, -0.2) is 0 Å². The molecule has 0 aliphatic heterocycles. The van der Waals surface area contributed by atoms with E-state index in [2.05, 4.69) is 179 Å². The Morgan fingerprint density at radius 3 is 1.62 bits per heavy atom. The van der Waals surface area contributed by atoms with Crippen LogP contribution in [0.5, 0.6) is 0 Å². The molecule has 0 radical (unpaired) electrons. The first-order valence-electron chi connectivity index (χ1n) is 16.9. The van der Waals surface area contributed by atoms with Crippen LogP contribution >= 0.6 is 59.9 Å². The molecule has 0 aromatic heterocycles. The van der Waals surface area contributed by atoms with Crippen molar-refractivity contribution in [1.29, 1.82) is 0 Å². The van der Waals surface area contributed by atoms with Gasteiger partial charge in [0, 0.05) is 0 Å². The number of rotatable bonds is 0. The van der Waals surface area contributed by atoms with Crippen molar-refractivity contribution >= 4 is 70.7 Å². The molecule has 266 valence electrons. The second kappa shape index (κ2) is 20.8. The van der Waals surface area contributed by atoms with Crippen LogP contribution in [0.25, 0.3) is 10.8 Å². The summed E-state index contributed by atoms with van der Waals surface area (Å²) in [5.41, 5.74) is 21.1. The Kier molecular flexibility index (Phi) is 19.9. The van der Waals surface area contributed by atoms with Gasteiger partial charge in [-0.3, -0.25) is 0 Å². The van der Waals surface area contributed by atoms with Crippen LogP contribution in [0.1, 0.15) is 119 Å². The van der Waals surface area contributed by atoms with Crippen LogP contribution in [0.2, 0.25) is 0 Å². The minimum absolute atomic E-state index is 0. The van der Waals surface area contributed by atoms with Gasteiger partial charge in [-0.05, 0) is 208 Å². The molecule has 0 heterocycles. The topological polar surface area (TPSA) is 0 Å². The zero-order chi connectivity index (χ0) is 34.5. The first-order valence-corrected chi connectivity index (χ1v) is 30.5. The summed E-state index contributed by atoms with van der Waals surface area (Å²) in [6.07, 6.45) is 7.91. The van der Waals surface area contributed by atoms with Crippen LogP contribution in [0.3, 0.4) is 0 Å². The van der Waals surface area contributed by atoms with Crippen molar-refractivity contribution in [3.05, 3.63) is 114 Å². The molecular weight excluding hydrogens is 960 g/mol. The number of halogens is 3. The van der Waals surface area contributed by atoms with Crippen LogP contribution < -0.4 is 0 Å². The number of hydrogen-bond donors (Lipinski definition) is 0. The Morgan fingerprint density at radius 2 is 1.00 bits per heavy atom. The normalized spacial score (nSPS) is 16.0. The molecule has 0 nitrogen and oxygen atoms in total. The van der Waals surface area contributed by atoms with E-state index in [1.807, 2.05) is 0 Å². The fourth-order valence-electron chi connectivity index (χ4n) is 7.20. The van der Waals surface area contributed by atoms with Crippen molar-refractivity contribution in [2.24, 2.45) is 11.8 Å². The standard InChI is InChI=1S/C15H18.C14H20.C13H18.2CH4.3HI.V/c1-9-6-7-14-8-10(2)11(3)13(5)15(14)12(9)4;1-9-5-6-13-8-10(2)11(3)12(4)14(13)7-9;1-9-4-7-13-11(3)10(2)5-6-12(13)8-9;;;;;;/h6-8H,1-5H3;8-9H,5-7H2,1-4H3;5-6,9H,4,7-8H2,1-3H3;2*1H4;3*1H;/q;;;;;;;;+3/p-3. The molecule has 2 unspecified atom stereocenters. The number of benzene rings is 4. The van der Waals surface area contributed by atoms with Gasteiger partial charge in [0.05, 0.1) is 0 Å². The summed E-state index contributed by atoms with van der Waals surface area (Å²) in [6, 6.07) is 13.7. The van der Waals surface area contributed by atoms with E-state index in [0.717, 1.165) is 11.8 Å². The van der Waals surface area contributed by atoms with E-state index < -0.39 is 0 Å². The quantitative estimate of drug-likeness (QED) is 0.154. The van der Waals surface area contributed by atoms with Crippen LogP contribution in [0.4, 0.5) is 0 Å². The van der Waals surface area contributed by atoms with E-state index in [1.54, 1.807) is 27.8 Å². The third-order valence-corrected chi connectivity index (χ3v) is 10.9. The predicted molar refractivity (Wildman–Crippen MR) is 242 cm³/mol. The molecule has 0 saturated carbocycles. The molecule has 4 heteroatoms. The van der Waals surface area contributed by atoms with E-state index in [-0.39, 0.29) is 19.8 Å². The van der Waals surface area contributed by atoms with Gasteiger partial charge in [-0.25, -0.2) is 0 Å². The monoisotopic (exact) mass is 1020 g/mol. The fourth-order valence-corrected chi connectivity index (χ4v) is 7.20. The molecule has 2 aliphatic rings. The van der Waals surface area contributed by atoms with Gasteiger partial charge in [-0.1, -0.05) is 65.1 Å². The fraction of sp³-hybridized carbons (Fsp3) is 0.500.